The number of hydrogen-bond donors (Lipinski definition) is 1. The first-order chi connectivity index (χ1) is 10.4. The van der Waals surface area contributed by atoms with Gasteiger partial charge in [0.25, 0.3) is 15.9 Å². The Kier molecular flexibility index (Phi) is 5.55. The summed E-state index contributed by atoms with van der Waals surface area (Å²) in [5, 5.41) is 0. The van der Waals surface area contributed by atoms with Crippen LogP contribution >= 0.6 is 0 Å². The highest BCUT2D eigenvalue weighted by atomic mass is 32.2. The van der Waals surface area contributed by atoms with Gasteiger partial charge in [-0.15, -0.1) is 0 Å². The van der Waals surface area contributed by atoms with E-state index >= 15 is 0 Å². The van der Waals surface area contributed by atoms with Crippen LogP contribution in [-0.2, 0) is 24.3 Å². The summed E-state index contributed by atoms with van der Waals surface area (Å²) in [5.41, 5.74) is 0.804. The molecule has 0 unspecified atom stereocenters. The van der Waals surface area contributed by atoms with E-state index in [9.17, 15) is 13.2 Å². The Hall–Kier alpha value is -1.44. The van der Waals surface area contributed by atoms with Crippen molar-refractivity contribution in [2.75, 3.05) is 13.2 Å². The number of carbonyl (C=O) groups excluding carboxylic acids is 1. The lowest BCUT2D eigenvalue weighted by Gasteiger charge is -2.16. The Labute approximate surface area is 130 Å². The topological polar surface area (TPSA) is 81.7 Å². The molecule has 0 radical (unpaired) electrons. The smallest absolute Gasteiger partial charge is 0.264 e. The summed E-state index contributed by atoms with van der Waals surface area (Å²) >= 11 is 0. The van der Waals surface area contributed by atoms with Crippen LogP contribution in [0.2, 0.25) is 0 Å². The fourth-order valence-corrected chi connectivity index (χ4v) is 3.31. The van der Waals surface area contributed by atoms with E-state index in [1.54, 1.807) is 19.1 Å². The maximum absolute atomic E-state index is 12.1. The minimum absolute atomic E-state index is 0.0105. The van der Waals surface area contributed by atoms with Gasteiger partial charge in [0.15, 0.2) is 0 Å². The Morgan fingerprint density at radius 3 is 2.91 bits per heavy atom. The molecule has 2 rings (SSSR count). The minimum atomic E-state index is -3.88. The Morgan fingerprint density at radius 1 is 1.50 bits per heavy atom. The van der Waals surface area contributed by atoms with Crippen LogP contribution in [-0.4, -0.2) is 39.7 Å². The number of sulfonamides is 1. The number of carbonyl (C=O) groups is 1. The summed E-state index contributed by atoms with van der Waals surface area (Å²) in [6.07, 6.45) is 1.01. The quantitative estimate of drug-likeness (QED) is 0.854. The van der Waals surface area contributed by atoms with Crippen LogP contribution in [0.5, 0.6) is 0 Å². The lowest BCUT2D eigenvalue weighted by molar-refractivity contribution is -0.131. The molecule has 1 aromatic rings. The van der Waals surface area contributed by atoms with Gasteiger partial charge in [-0.25, -0.2) is 13.1 Å². The maximum atomic E-state index is 12.1. The van der Waals surface area contributed by atoms with Crippen molar-refractivity contribution in [1.82, 2.24) is 4.72 Å². The average molecular weight is 327 g/mol. The molecule has 1 aliphatic rings. The van der Waals surface area contributed by atoms with Gasteiger partial charge in [0.05, 0.1) is 17.6 Å². The second-order valence-corrected chi connectivity index (χ2v) is 7.08. The number of rotatable bonds is 6. The van der Waals surface area contributed by atoms with Gasteiger partial charge in [-0.05, 0) is 44.4 Å². The van der Waals surface area contributed by atoms with Crippen LogP contribution < -0.4 is 4.72 Å². The second kappa shape index (κ2) is 7.21. The highest BCUT2D eigenvalue weighted by Crippen LogP contribution is 2.14. The van der Waals surface area contributed by atoms with E-state index in [0.29, 0.717) is 13.2 Å². The van der Waals surface area contributed by atoms with Crippen molar-refractivity contribution >= 4 is 15.9 Å². The summed E-state index contributed by atoms with van der Waals surface area (Å²) < 4.78 is 37.1. The molecule has 0 spiro atoms. The summed E-state index contributed by atoms with van der Waals surface area (Å²) in [5.74, 6) is -0.681. The monoisotopic (exact) mass is 327 g/mol. The zero-order valence-electron chi connectivity index (χ0n) is 12.7. The summed E-state index contributed by atoms with van der Waals surface area (Å²) in [7, 11) is -3.88. The Morgan fingerprint density at radius 2 is 2.27 bits per heavy atom. The highest BCUT2D eigenvalue weighted by molar-refractivity contribution is 7.90. The molecule has 22 heavy (non-hydrogen) atoms. The SMILES string of the molecule is Cc1cccc(S(=O)(=O)NC(=O)[C@@H](C)OC[C@@H]2CCCO2)c1. The first-order valence-corrected chi connectivity index (χ1v) is 8.73. The number of benzene rings is 1. The molecule has 1 aromatic carbocycles. The van der Waals surface area contributed by atoms with Crippen LogP contribution in [0.3, 0.4) is 0 Å². The average Bonchev–Trinajstić information content (AvgIpc) is 2.97. The molecule has 1 N–H and O–H groups in total. The van der Waals surface area contributed by atoms with Crippen LogP contribution in [0, 0.1) is 6.92 Å². The van der Waals surface area contributed by atoms with Crippen LogP contribution in [0.1, 0.15) is 25.3 Å². The van der Waals surface area contributed by atoms with Gasteiger partial charge >= 0.3 is 0 Å². The van der Waals surface area contributed by atoms with Crippen molar-refractivity contribution in [2.24, 2.45) is 0 Å². The molecular formula is C15H21NO5S. The fraction of sp³-hybridized carbons (Fsp3) is 0.533. The molecule has 1 amide bonds. The van der Waals surface area contributed by atoms with Crippen LogP contribution in [0.15, 0.2) is 29.2 Å². The number of amides is 1. The largest absolute Gasteiger partial charge is 0.376 e. The molecular weight excluding hydrogens is 306 g/mol. The third kappa shape index (κ3) is 4.53. The number of ether oxygens (including phenoxy) is 2. The number of hydrogen-bond acceptors (Lipinski definition) is 5. The lowest BCUT2D eigenvalue weighted by Crippen LogP contribution is -2.39. The third-order valence-electron chi connectivity index (χ3n) is 3.46. The van der Waals surface area contributed by atoms with Gasteiger partial charge in [0, 0.05) is 6.61 Å². The lowest BCUT2D eigenvalue weighted by atomic mass is 10.2. The Balaban J connectivity index is 1.92. The van der Waals surface area contributed by atoms with Gasteiger partial charge in [-0.2, -0.15) is 0 Å². The van der Waals surface area contributed by atoms with E-state index in [1.165, 1.54) is 19.1 Å². The van der Waals surface area contributed by atoms with E-state index in [0.717, 1.165) is 18.4 Å². The summed E-state index contributed by atoms with van der Waals surface area (Å²) in [4.78, 5) is 12.0. The van der Waals surface area contributed by atoms with E-state index in [4.69, 9.17) is 9.47 Å². The molecule has 1 fully saturated rings. The molecule has 6 nitrogen and oxygen atoms in total. The molecule has 122 valence electrons. The number of nitrogens with one attached hydrogen (secondary N) is 1. The van der Waals surface area contributed by atoms with E-state index in [1.807, 2.05) is 4.72 Å². The normalized spacial score (nSPS) is 19.8. The minimum Gasteiger partial charge on any atom is -0.376 e. The van der Waals surface area contributed by atoms with Crippen molar-refractivity contribution in [3.05, 3.63) is 29.8 Å². The zero-order chi connectivity index (χ0) is 16.2. The van der Waals surface area contributed by atoms with E-state index in [-0.39, 0.29) is 11.0 Å². The first kappa shape index (κ1) is 16.9. The second-order valence-electron chi connectivity index (χ2n) is 5.40. The molecule has 1 heterocycles. The fourth-order valence-electron chi connectivity index (χ4n) is 2.16. The van der Waals surface area contributed by atoms with Crippen molar-refractivity contribution in [3.8, 4) is 0 Å². The molecule has 2 atom stereocenters. The summed E-state index contributed by atoms with van der Waals surface area (Å²) in [6, 6.07) is 6.37. The molecule has 0 bridgehead atoms. The molecule has 7 heteroatoms. The van der Waals surface area contributed by atoms with Crippen molar-refractivity contribution in [1.29, 1.82) is 0 Å². The van der Waals surface area contributed by atoms with Crippen molar-refractivity contribution in [2.45, 2.75) is 43.8 Å². The molecule has 0 aromatic heterocycles. The molecule has 0 saturated carbocycles. The molecule has 1 saturated heterocycles. The predicted octanol–water partition coefficient (Wildman–Crippen LogP) is 1.38. The molecule has 0 aliphatic carbocycles. The van der Waals surface area contributed by atoms with Gasteiger partial charge in [0.2, 0.25) is 0 Å². The Bertz CT molecular complexity index is 623. The van der Waals surface area contributed by atoms with Crippen LogP contribution in [0.25, 0.3) is 0 Å². The van der Waals surface area contributed by atoms with E-state index in [2.05, 4.69) is 0 Å². The van der Waals surface area contributed by atoms with Gasteiger partial charge in [0.1, 0.15) is 6.10 Å². The standard InChI is InChI=1S/C15H21NO5S/c1-11-5-3-7-14(9-11)22(18,19)16-15(17)12(2)21-10-13-6-4-8-20-13/h3,5,7,9,12-13H,4,6,8,10H2,1-2H3,(H,16,17)/t12-,13+/m1/s1. The summed E-state index contributed by atoms with van der Waals surface area (Å²) in [6.45, 7) is 4.31. The third-order valence-corrected chi connectivity index (χ3v) is 4.80. The highest BCUT2D eigenvalue weighted by Gasteiger charge is 2.24. The van der Waals surface area contributed by atoms with E-state index < -0.39 is 22.0 Å². The van der Waals surface area contributed by atoms with Crippen LogP contribution in [0.4, 0.5) is 0 Å². The number of aryl methyl sites for hydroxylation is 1. The van der Waals surface area contributed by atoms with Crippen molar-refractivity contribution in [3.63, 3.8) is 0 Å². The van der Waals surface area contributed by atoms with Gasteiger partial charge < -0.3 is 9.47 Å². The maximum Gasteiger partial charge on any atom is 0.264 e. The van der Waals surface area contributed by atoms with Crippen molar-refractivity contribution < 1.29 is 22.7 Å². The van der Waals surface area contributed by atoms with Gasteiger partial charge in [-0.3, -0.25) is 4.79 Å². The first-order valence-electron chi connectivity index (χ1n) is 7.25. The predicted molar refractivity (Wildman–Crippen MR) is 80.9 cm³/mol. The van der Waals surface area contributed by atoms with Gasteiger partial charge in [-0.1, -0.05) is 12.1 Å². The zero-order valence-corrected chi connectivity index (χ0v) is 13.6. The molecule has 1 aliphatic heterocycles.